The van der Waals surface area contributed by atoms with Crippen molar-refractivity contribution in [2.24, 2.45) is 5.92 Å². The van der Waals surface area contributed by atoms with Crippen molar-refractivity contribution in [3.8, 4) is 0 Å². The molecule has 0 aromatic carbocycles. The average Bonchev–Trinajstić information content (AvgIpc) is 2.35. The van der Waals surface area contributed by atoms with Crippen LogP contribution in [0, 0.1) is 5.92 Å². The van der Waals surface area contributed by atoms with Gasteiger partial charge in [-0.2, -0.15) is 0 Å². The largest absolute Gasteiger partial charge is 0.480 e. The van der Waals surface area contributed by atoms with Crippen LogP contribution in [-0.4, -0.2) is 38.0 Å². The second kappa shape index (κ2) is 3.14. The maximum atomic E-state index is 11.7. The molecule has 0 aliphatic carbocycles. The molecule has 0 radical (unpaired) electrons. The van der Waals surface area contributed by atoms with Gasteiger partial charge in [-0.25, -0.2) is 4.79 Å². The van der Waals surface area contributed by atoms with Crippen LogP contribution < -0.4 is 0 Å². The first-order chi connectivity index (χ1) is 6.90. The number of carboxylic acid groups (broad SMARTS) is 1. The summed E-state index contributed by atoms with van der Waals surface area (Å²) in [6, 6.07) is -0.664. The summed E-state index contributed by atoms with van der Waals surface area (Å²) >= 11 is 1.61. The predicted octanol–water partition coefficient (Wildman–Crippen LogP) is 1.16. The highest BCUT2D eigenvalue weighted by Gasteiger charge is 2.62. The zero-order valence-corrected chi connectivity index (χ0v) is 9.87. The summed E-state index contributed by atoms with van der Waals surface area (Å²) in [5, 5.41) is 9.22. The summed E-state index contributed by atoms with van der Waals surface area (Å²) in [5.41, 5.74) is 0. The Morgan fingerprint density at radius 1 is 1.60 bits per heavy atom. The molecule has 2 fully saturated rings. The topological polar surface area (TPSA) is 57.6 Å². The molecule has 5 heteroatoms. The van der Waals surface area contributed by atoms with Crippen LogP contribution in [0.5, 0.6) is 0 Å². The van der Waals surface area contributed by atoms with Crippen molar-refractivity contribution in [3.63, 3.8) is 0 Å². The molecule has 3 unspecified atom stereocenters. The van der Waals surface area contributed by atoms with Gasteiger partial charge < -0.3 is 10.0 Å². The first-order valence-corrected chi connectivity index (χ1v) is 6.01. The van der Waals surface area contributed by atoms with E-state index < -0.39 is 12.0 Å². The van der Waals surface area contributed by atoms with E-state index in [2.05, 4.69) is 0 Å². The van der Waals surface area contributed by atoms with Crippen LogP contribution in [0.3, 0.4) is 0 Å². The van der Waals surface area contributed by atoms with Gasteiger partial charge in [0.05, 0.1) is 11.3 Å². The number of fused-ring (bicyclic) bond motifs is 1. The van der Waals surface area contributed by atoms with Crippen LogP contribution >= 0.6 is 11.8 Å². The van der Waals surface area contributed by atoms with Crippen LogP contribution in [0.25, 0.3) is 0 Å². The van der Waals surface area contributed by atoms with Gasteiger partial charge in [0.1, 0.15) is 6.04 Å². The fourth-order valence-corrected chi connectivity index (χ4v) is 4.24. The average molecular weight is 229 g/mol. The summed E-state index contributed by atoms with van der Waals surface area (Å²) < 4.78 is -0.379. The van der Waals surface area contributed by atoms with Crippen LogP contribution in [0.15, 0.2) is 0 Å². The molecule has 1 amide bonds. The third-order valence-electron chi connectivity index (χ3n) is 3.22. The molecule has 2 aliphatic rings. The number of carboxylic acids is 1. The molecule has 0 aromatic heterocycles. The Hall–Kier alpha value is -0.710. The number of rotatable bonds is 2. The predicted molar refractivity (Wildman–Crippen MR) is 57.5 cm³/mol. The molecule has 2 saturated heterocycles. The SMILES string of the molecule is CCC1C(=O)N2C1SC(C)(C)C2C(=O)O. The maximum absolute atomic E-state index is 11.7. The minimum Gasteiger partial charge on any atom is -0.480 e. The van der Waals surface area contributed by atoms with Crippen molar-refractivity contribution < 1.29 is 14.7 Å². The van der Waals surface area contributed by atoms with E-state index in [1.165, 1.54) is 0 Å². The maximum Gasteiger partial charge on any atom is 0.327 e. The molecular weight excluding hydrogens is 214 g/mol. The molecule has 4 nitrogen and oxygen atoms in total. The van der Waals surface area contributed by atoms with Crippen LogP contribution in [0.4, 0.5) is 0 Å². The van der Waals surface area contributed by atoms with Crippen molar-refractivity contribution in [2.45, 2.75) is 43.4 Å². The minimum absolute atomic E-state index is 0.00738. The molecule has 1 N–H and O–H groups in total. The number of hydrogen-bond donors (Lipinski definition) is 1. The van der Waals surface area contributed by atoms with Gasteiger partial charge in [-0.05, 0) is 20.3 Å². The first kappa shape index (κ1) is 10.8. The molecule has 2 rings (SSSR count). The van der Waals surface area contributed by atoms with Crippen molar-refractivity contribution in [3.05, 3.63) is 0 Å². The number of β-lactam (4-membered cyclic amide) rings is 1. The third kappa shape index (κ3) is 1.29. The van der Waals surface area contributed by atoms with Crippen molar-refractivity contribution in [1.29, 1.82) is 0 Å². The fourth-order valence-electron chi connectivity index (χ4n) is 2.47. The molecule has 2 aliphatic heterocycles. The van der Waals surface area contributed by atoms with E-state index in [0.717, 1.165) is 6.42 Å². The summed E-state index contributed by atoms with van der Waals surface area (Å²) in [6.45, 7) is 5.77. The van der Waals surface area contributed by atoms with Crippen molar-refractivity contribution in [2.75, 3.05) is 0 Å². The molecule has 0 aromatic rings. The Labute approximate surface area is 93.0 Å². The highest BCUT2D eigenvalue weighted by atomic mass is 32.2. The second-order valence-electron chi connectivity index (χ2n) is 4.61. The Kier molecular flexibility index (Phi) is 2.26. The molecule has 84 valence electrons. The van der Waals surface area contributed by atoms with Crippen molar-refractivity contribution >= 4 is 23.6 Å². The van der Waals surface area contributed by atoms with E-state index in [0.29, 0.717) is 0 Å². The van der Waals surface area contributed by atoms with Crippen molar-refractivity contribution in [1.82, 2.24) is 4.90 Å². The lowest BCUT2D eigenvalue weighted by Crippen LogP contribution is -2.62. The normalized spacial score (nSPS) is 37.4. The zero-order chi connectivity index (χ0) is 11.4. The lowest BCUT2D eigenvalue weighted by atomic mass is 9.90. The molecule has 2 heterocycles. The van der Waals surface area contributed by atoms with Gasteiger partial charge >= 0.3 is 5.97 Å². The number of thioether (sulfide) groups is 1. The van der Waals surface area contributed by atoms with Crippen LogP contribution in [-0.2, 0) is 9.59 Å². The second-order valence-corrected chi connectivity index (χ2v) is 6.38. The van der Waals surface area contributed by atoms with Gasteiger partial charge in [-0.15, -0.1) is 11.8 Å². The minimum atomic E-state index is -0.891. The zero-order valence-electron chi connectivity index (χ0n) is 9.06. The molecule has 0 spiro atoms. The smallest absolute Gasteiger partial charge is 0.327 e. The van der Waals surface area contributed by atoms with E-state index >= 15 is 0 Å². The van der Waals surface area contributed by atoms with Gasteiger partial charge in [0.25, 0.3) is 0 Å². The highest BCUT2D eigenvalue weighted by molar-refractivity contribution is 8.01. The number of carbonyl (C=O) groups is 2. The lowest BCUT2D eigenvalue weighted by Gasteiger charge is -2.43. The van der Waals surface area contributed by atoms with E-state index in [9.17, 15) is 9.59 Å². The number of amides is 1. The molecular formula is C10H15NO3S. The quantitative estimate of drug-likeness (QED) is 0.722. The molecule has 0 bridgehead atoms. The van der Waals surface area contributed by atoms with Gasteiger partial charge in [-0.1, -0.05) is 6.92 Å². The van der Waals surface area contributed by atoms with Gasteiger partial charge in [-0.3, -0.25) is 4.79 Å². The molecule has 0 saturated carbocycles. The number of aliphatic carboxylic acids is 1. The van der Waals surface area contributed by atoms with E-state index in [1.807, 2.05) is 20.8 Å². The summed E-state index contributed by atoms with van der Waals surface area (Å²) in [5.74, 6) is -0.857. The fraction of sp³-hybridized carbons (Fsp3) is 0.800. The summed E-state index contributed by atoms with van der Waals surface area (Å²) in [7, 11) is 0. The Bertz CT molecular complexity index is 329. The monoisotopic (exact) mass is 229 g/mol. The summed E-state index contributed by atoms with van der Waals surface area (Å²) in [4.78, 5) is 24.4. The Morgan fingerprint density at radius 2 is 2.20 bits per heavy atom. The Morgan fingerprint density at radius 3 is 2.67 bits per heavy atom. The third-order valence-corrected chi connectivity index (χ3v) is 4.85. The van der Waals surface area contributed by atoms with Gasteiger partial charge in [0, 0.05) is 4.75 Å². The Balaban J connectivity index is 2.28. The van der Waals surface area contributed by atoms with E-state index in [4.69, 9.17) is 5.11 Å². The molecule has 3 atom stereocenters. The van der Waals surface area contributed by atoms with Crippen LogP contribution in [0.2, 0.25) is 0 Å². The summed E-state index contributed by atoms with van der Waals surface area (Å²) in [6.07, 6.45) is 0.801. The van der Waals surface area contributed by atoms with Gasteiger partial charge in [0.2, 0.25) is 5.91 Å². The van der Waals surface area contributed by atoms with E-state index in [-0.39, 0.29) is 21.9 Å². The van der Waals surface area contributed by atoms with Crippen LogP contribution in [0.1, 0.15) is 27.2 Å². The number of nitrogens with zero attached hydrogens (tertiary/aromatic N) is 1. The molecule has 15 heavy (non-hydrogen) atoms. The standard InChI is InChI=1S/C10H15NO3S/c1-4-5-7(12)11-6(9(13)14)10(2,3)15-8(5)11/h5-6,8H,4H2,1-3H3,(H,13,14). The van der Waals surface area contributed by atoms with Gasteiger partial charge in [0.15, 0.2) is 0 Å². The lowest BCUT2D eigenvalue weighted by molar-refractivity contribution is -0.163. The highest BCUT2D eigenvalue weighted by Crippen LogP contribution is 2.53. The number of carbonyl (C=O) groups excluding carboxylic acids is 1. The number of hydrogen-bond acceptors (Lipinski definition) is 3. The first-order valence-electron chi connectivity index (χ1n) is 5.13. The van der Waals surface area contributed by atoms with E-state index in [1.54, 1.807) is 16.7 Å².